The summed E-state index contributed by atoms with van der Waals surface area (Å²) in [4.78, 5) is 14.5. The van der Waals surface area contributed by atoms with Gasteiger partial charge in [-0.05, 0) is 73.9 Å². The normalized spacial score (nSPS) is 18.8. The highest BCUT2D eigenvalue weighted by Crippen LogP contribution is 2.29. The Hall–Kier alpha value is -3.58. The minimum Gasteiger partial charge on any atom is -0.484 e. The van der Waals surface area contributed by atoms with Crippen molar-refractivity contribution in [2.45, 2.75) is 44.9 Å². The second kappa shape index (κ2) is 10.8. The van der Waals surface area contributed by atoms with Gasteiger partial charge in [0, 0.05) is 55.1 Å². The fourth-order valence-electron chi connectivity index (χ4n) is 5.51. The highest BCUT2D eigenvalue weighted by molar-refractivity contribution is 5.85. The van der Waals surface area contributed by atoms with Crippen LogP contribution in [0.25, 0.3) is 22.0 Å². The Morgan fingerprint density at radius 1 is 1.00 bits per heavy atom. The van der Waals surface area contributed by atoms with Gasteiger partial charge in [-0.2, -0.15) is 5.10 Å². The molecule has 2 saturated heterocycles. The number of amides is 1. The first kappa shape index (κ1) is 23.8. The number of hydrogen-bond donors (Lipinski definition) is 0. The van der Waals surface area contributed by atoms with E-state index in [0.29, 0.717) is 5.92 Å². The number of likely N-dealkylation sites (tertiary alicyclic amines) is 1. The lowest BCUT2D eigenvalue weighted by molar-refractivity contribution is -0.134. The van der Waals surface area contributed by atoms with Crippen LogP contribution in [0.15, 0.2) is 73.2 Å². The van der Waals surface area contributed by atoms with Crippen LogP contribution >= 0.6 is 0 Å². The van der Waals surface area contributed by atoms with E-state index < -0.39 is 0 Å². The molecular weight excluding hydrogens is 464 g/mol. The molecule has 1 unspecified atom stereocenters. The van der Waals surface area contributed by atoms with Crippen molar-refractivity contribution in [1.82, 2.24) is 19.2 Å². The molecule has 7 nitrogen and oxygen atoms in total. The Morgan fingerprint density at radius 2 is 1.86 bits per heavy atom. The number of carbonyl (C=O) groups excluding carboxylic acids is 1. The van der Waals surface area contributed by atoms with E-state index in [1.54, 1.807) is 0 Å². The first-order chi connectivity index (χ1) is 18.2. The summed E-state index contributed by atoms with van der Waals surface area (Å²) in [5.74, 6) is 1.36. The number of aromatic nitrogens is 3. The predicted molar refractivity (Wildman–Crippen MR) is 143 cm³/mol. The molecule has 0 N–H and O–H groups in total. The van der Waals surface area contributed by atoms with Gasteiger partial charge in [-0.1, -0.05) is 24.3 Å². The molecule has 1 atom stereocenters. The van der Waals surface area contributed by atoms with E-state index in [1.165, 1.54) is 22.9 Å². The minimum atomic E-state index is 0.0606. The number of nitrogens with zero attached hydrogens (tertiary/aromatic N) is 4. The van der Waals surface area contributed by atoms with E-state index in [2.05, 4.69) is 46.3 Å². The molecule has 37 heavy (non-hydrogen) atoms. The van der Waals surface area contributed by atoms with Crippen LogP contribution in [0.2, 0.25) is 0 Å². The van der Waals surface area contributed by atoms with Gasteiger partial charge in [0.1, 0.15) is 12.0 Å². The minimum absolute atomic E-state index is 0.0606. The molecule has 6 rings (SSSR count). The smallest absolute Gasteiger partial charge is 0.260 e. The standard InChI is InChI=1S/C30H34N4O3/c35-29(22-37-27-6-2-1-3-7-27)32-14-11-23(12-15-32)20-33-16-13-25-18-24(9-10-28(25)33)26-19-31-34(21-26)30-8-4-5-17-36-30/h1-3,6-7,9-10,13,16,18-19,21,23,30H,4-5,8,11-12,14-15,17,20,22H2. The molecule has 192 valence electrons. The Bertz CT molecular complexity index is 1330. The predicted octanol–water partition coefficient (Wildman–Crippen LogP) is 5.52. The molecule has 1 amide bonds. The van der Waals surface area contributed by atoms with E-state index in [1.807, 2.05) is 46.1 Å². The van der Waals surface area contributed by atoms with Crippen LogP contribution in [0, 0.1) is 5.92 Å². The van der Waals surface area contributed by atoms with Crippen molar-refractivity contribution in [2.75, 3.05) is 26.3 Å². The van der Waals surface area contributed by atoms with Gasteiger partial charge in [0.25, 0.3) is 5.91 Å². The monoisotopic (exact) mass is 498 g/mol. The lowest BCUT2D eigenvalue weighted by atomic mass is 9.96. The van der Waals surface area contributed by atoms with Gasteiger partial charge in [-0.15, -0.1) is 0 Å². The van der Waals surface area contributed by atoms with Crippen molar-refractivity contribution < 1.29 is 14.3 Å². The molecule has 0 aliphatic carbocycles. The van der Waals surface area contributed by atoms with E-state index in [4.69, 9.17) is 9.47 Å². The zero-order valence-electron chi connectivity index (χ0n) is 21.2. The highest BCUT2D eigenvalue weighted by Gasteiger charge is 2.24. The van der Waals surface area contributed by atoms with Gasteiger partial charge in [-0.3, -0.25) is 4.79 Å². The highest BCUT2D eigenvalue weighted by atomic mass is 16.5. The van der Waals surface area contributed by atoms with Crippen molar-refractivity contribution in [1.29, 1.82) is 0 Å². The molecule has 0 spiro atoms. The molecule has 2 aromatic heterocycles. The number of hydrogen-bond acceptors (Lipinski definition) is 4. The first-order valence-electron chi connectivity index (χ1n) is 13.4. The molecule has 2 fully saturated rings. The van der Waals surface area contributed by atoms with Crippen molar-refractivity contribution in [3.05, 3.63) is 73.2 Å². The fraction of sp³-hybridized carbons (Fsp3) is 0.400. The summed E-state index contributed by atoms with van der Waals surface area (Å²) in [6.07, 6.45) is 11.7. The maximum atomic E-state index is 12.6. The van der Waals surface area contributed by atoms with Crippen LogP contribution in [0.5, 0.6) is 5.75 Å². The van der Waals surface area contributed by atoms with Crippen LogP contribution in [0.1, 0.15) is 38.3 Å². The Balaban J connectivity index is 1.04. The molecule has 4 heterocycles. The molecule has 2 aromatic carbocycles. The molecule has 2 aliphatic heterocycles. The number of benzene rings is 2. The van der Waals surface area contributed by atoms with E-state index in [9.17, 15) is 4.79 Å². The summed E-state index contributed by atoms with van der Waals surface area (Å²) in [5, 5.41) is 5.82. The zero-order valence-corrected chi connectivity index (χ0v) is 21.2. The Labute approximate surface area is 217 Å². The van der Waals surface area contributed by atoms with Crippen molar-refractivity contribution in [3.63, 3.8) is 0 Å². The average Bonchev–Trinajstić information content (AvgIpc) is 3.61. The largest absolute Gasteiger partial charge is 0.484 e. The second-order valence-electron chi connectivity index (χ2n) is 10.2. The number of para-hydroxylation sites is 1. The maximum absolute atomic E-state index is 12.6. The third kappa shape index (κ3) is 5.42. The van der Waals surface area contributed by atoms with Crippen molar-refractivity contribution in [3.8, 4) is 16.9 Å². The summed E-state index contributed by atoms with van der Waals surface area (Å²) in [6.45, 7) is 3.48. The van der Waals surface area contributed by atoms with E-state index >= 15 is 0 Å². The van der Waals surface area contributed by atoms with Crippen LogP contribution in [-0.4, -0.2) is 51.5 Å². The molecule has 0 saturated carbocycles. The Morgan fingerprint density at radius 3 is 2.68 bits per heavy atom. The fourth-order valence-corrected chi connectivity index (χ4v) is 5.51. The van der Waals surface area contributed by atoms with Gasteiger partial charge < -0.3 is 18.9 Å². The zero-order chi connectivity index (χ0) is 25.0. The lowest BCUT2D eigenvalue weighted by Crippen LogP contribution is -2.41. The number of fused-ring (bicyclic) bond motifs is 1. The summed E-state index contributed by atoms with van der Waals surface area (Å²) in [6, 6.07) is 18.4. The quantitative estimate of drug-likeness (QED) is 0.337. The van der Waals surface area contributed by atoms with E-state index in [0.717, 1.165) is 63.2 Å². The number of ether oxygens (including phenoxy) is 2. The summed E-state index contributed by atoms with van der Waals surface area (Å²) < 4.78 is 15.9. The van der Waals surface area contributed by atoms with Gasteiger partial charge in [0.2, 0.25) is 0 Å². The topological polar surface area (TPSA) is 61.5 Å². The van der Waals surface area contributed by atoms with Gasteiger partial charge in [0.15, 0.2) is 6.61 Å². The lowest BCUT2D eigenvalue weighted by Gasteiger charge is -2.32. The SMILES string of the molecule is O=C(COc1ccccc1)N1CCC(Cn2ccc3cc(-c4cnn(C5CCCCO5)c4)ccc32)CC1. The molecule has 0 radical (unpaired) electrons. The summed E-state index contributed by atoms with van der Waals surface area (Å²) in [5.41, 5.74) is 3.55. The number of rotatable bonds is 7. The van der Waals surface area contributed by atoms with Gasteiger partial charge >= 0.3 is 0 Å². The van der Waals surface area contributed by atoms with E-state index in [-0.39, 0.29) is 18.7 Å². The van der Waals surface area contributed by atoms with Crippen LogP contribution in [-0.2, 0) is 16.1 Å². The number of piperidine rings is 1. The van der Waals surface area contributed by atoms with Gasteiger partial charge in [-0.25, -0.2) is 4.68 Å². The molecule has 4 aromatic rings. The third-order valence-corrected chi connectivity index (χ3v) is 7.68. The van der Waals surface area contributed by atoms with Crippen molar-refractivity contribution in [2.24, 2.45) is 5.92 Å². The third-order valence-electron chi connectivity index (χ3n) is 7.68. The van der Waals surface area contributed by atoms with Crippen LogP contribution in [0.3, 0.4) is 0 Å². The molecule has 7 heteroatoms. The molecule has 2 aliphatic rings. The summed E-state index contributed by atoms with van der Waals surface area (Å²) in [7, 11) is 0. The summed E-state index contributed by atoms with van der Waals surface area (Å²) >= 11 is 0. The van der Waals surface area contributed by atoms with Crippen LogP contribution in [0.4, 0.5) is 0 Å². The molecular formula is C30H34N4O3. The van der Waals surface area contributed by atoms with Crippen molar-refractivity contribution >= 4 is 16.8 Å². The first-order valence-corrected chi connectivity index (χ1v) is 13.4. The Kier molecular flexibility index (Phi) is 6.95. The number of carbonyl (C=O) groups is 1. The average molecular weight is 499 g/mol. The van der Waals surface area contributed by atoms with Gasteiger partial charge in [0.05, 0.1) is 6.20 Å². The molecule has 0 bridgehead atoms. The second-order valence-corrected chi connectivity index (χ2v) is 10.2. The van der Waals surface area contributed by atoms with Crippen LogP contribution < -0.4 is 4.74 Å². The maximum Gasteiger partial charge on any atom is 0.260 e.